The Bertz CT molecular complexity index is 457. The normalized spacial score (nSPS) is 25.7. The highest BCUT2D eigenvalue weighted by Crippen LogP contribution is 2.35. The van der Waals surface area contributed by atoms with Crippen LogP contribution in [0.4, 0.5) is 0 Å². The highest BCUT2D eigenvalue weighted by molar-refractivity contribution is 5.34. The van der Waals surface area contributed by atoms with Gasteiger partial charge in [-0.1, -0.05) is 6.92 Å². The molecule has 1 saturated heterocycles. The van der Waals surface area contributed by atoms with Gasteiger partial charge in [-0.05, 0) is 39.2 Å². The molecule has 2 N–H and O–H groups in total. The van der Waals surface area contributed by atoms with Crippen LogP contribution in [0.3, 0.4) is 0 Å². The van der Waals surface area contributed by atoms with E-state index in [9.17, 15) is 0 Å². The monoisotopic (exact) mass is 280 g/mol. The first-order valence-electron chi connectivity index (χ1n) is 7.52. The number of ether oxygens (including phenoxy) is 1. The van der Waals surface area contributed by atoms with Crippen LogP contribution in [-0.4, -0.2) is 40.9 Å². The molecule has 0 saturated carbocycles. The quantitative estimate of drug-likeness (QED) is 0.914. The van der Waals surface area contributed by atoms with Crippen LogP contribution < -0.4 is 10.5 Å². The minimum atomic E-state index is 0.196. The fourth-order valence-corrected chi connectivity index (χ4v) is 3.59. The highest BCUT2D eigenvalue weighted by atomic mass is 16.5. The molecule has 0 amide bonds. The standard InChI is InChI=1S/C15H28N4O/c1-10-6-7-19(11(2)8-10)13(9-16)14-12(3)17-18(4)15(14)20-5/h10-11,13H,6-9,16H2,1-5H3. The Balaban J connectivity index is 2.33. The maximum absolute atomic E-state index is 6.10. The second-order valence-electron chi connectivity index (χ2n) is 6.10. The molecular formula is C15H28N4O. The van der Waals surface area contributed by atoms with Crippen molar-refractivity contribution in [3.8, 4) is 5.88 Å². The third kappa shape index (κ3) is 2.69. The Morgan fingerprint density at radius 2 is 2.15 bits per heavy atom. The van der Waals surface area contributed by atoms with Gasteiger partial charge >= 0.3 is 0 Å². The maximum atomic E-state index is 6.10. The van der Waals surface area contributed by atoms with Gasteiger partial charge in [0, 0.05) is 19.6 Å². The number of hydrogen-bond donors (Lipinski definition) is 1. The van der Waals surface area contributed by atoms with Crippen molar-refractivity contribution in [3.63, 3.8) is 0 Å². The zero-order chi connectivity index (χ0) is 14.9. The van der Waals surface area contributed by atoms with Crippen molar-refractivity contribution in [1.29, 1.82) is 0 Å². The van der Waals surface area contributed by atoms with Crippen LogP contribution in [0.2, 0.25) is 0 Å². The summed E-state index contributed by atoms with van der Waals surface area (Å²) in [4.78, 5) is 2.52. The SMILES string of the molecule is COc1c(C(CN)N2CCC(C)CC2C)c(C)nn1C. The van der Waals surface area contributed by atoms with Crippen molar-refractivity contribution in [1.82, 2.24) is 14.7 Å². The molecule has 5 heteroatoms. The van der Waals surface area contributed by atoms with E-state index in [1.54, 1.807) is 7.11 Å². The van der Waals surface area contributed by atoms with Crippen LogP contribution in [0.15, 0.2) is 0 Å². The van der Waals surface area contributed by atoms with Gasteiger partial charge in [0.15, 0.2) is 0 Å². The summed E-state index contributed by atoms with van der Waals surface area (Å²) in [5.74, 6) is 1.64. The van der Waals surface area contributed by atoms with Crippen molar-refractivity contribution < 1.29 is 4.74 Å². The van der Waals surface area contributed by atoms with Gasteiger partial charge < -0.3 is 10.5 Å². The molecule has 5 nitrogen and oxygen atoms in total. The summed E-state index contributed by atoms with van der Waals surface area (Å²) >= 11 is 0. The van der Waals surface area contributed by atoms with E-state index in [4.69, 9.17) is 10.5 Å². The van der Waals surface area contributed by atoms with Gasteiger partial charge in [-0.15, -0.1) is 0 Å². The molecule has 3 atom stereocenters. The minimum Gasteiger partial charge on any atom is -0.481 e. The van der Waals surface area contributed by atoms with E-state index in [1.807, 2.05) is 18.7 Å². The first-order chi connectivity index (χ1) is 9.49. The molecule has 1 aliphatic rings. The third-order valence-electron chi connectivity index (χ3n) is 4.55. The van der Waals surface area contributed by atoms with E-state index in [-0.39, 0.29) is 6.04 Å². The first-order valence-corrected chi connectivity index (χ1v) is 7.52. The maximum Gasteiger partial charge on any atom is 0.216 e. The first kappa shape index (κ1) is 15.3. The zero-order valence-corrected chi connectivity index (χ0v) is 13.4. The number of piperidine rings is 1. The number of nitrogens with two attached hydrogens (primary N) is 1. The van der Waals surface area contributed by atoms with Crippen LogP contribution >= 0.6 is 0 Å². The predicted molar refractivity (Wildman–Crippen MR) is 80.9 cm³/mol. The second-order valence-corrected chi connectivity index (χ2v) is 6.10. The average Bonchev–Trinajstić information content (AvgIpc) is 2.67. The summed E-state index contributed by atoms with van der Waals surface area (Å²) in [5, 5.41) is 4.49. The number of hydrogen-bond acceptors (Lipinski definition) is 4. The summed E-state index contributed by atoms with van der Waals surface area (Å²) in [6.45, 7) is 8.37. The molecule has 2 heterocycles. The molecule has 1 aliphatic heterocycles. The Labute approximate surface area is 122 Å². The number of methoxy groups -OCH3 is 1. The molecule has 0 bridgehead atoms. The van der Waals surface area contributed by atoms with Gasteiger partial charge in [-0.25, -0.2) is 4.68 Å². The molecule has 1 fully saturated rings. The summed E-state index contributed by atoms with van der Waals surface area (Å²) in [6, 6.07) is 0.748. The van der Waals surface area contributed by atoms with E-state index < -0.39 is 0 Å². The van der Waals surface area contributed by atoms with Gasteiger partial charge in [0.25, 0.3) is 0 Å². The minimum absolute atomic E-state index is 0.196. The van der Waals surface area contributed by atoms with E-state index in [0.717, 1.165) is 29.6 Å². The number of nitrogens with zero attached hydrogens (tertiary/aromatic N) is 3. The summed E-state index contributed by atoms with van der Waals surface area (Å²) in [5.41, 5.74) is 8.27. The fraction of sp³-hybridized carbons (Fsp3) is 0.800. The summed E-state index contributed by atoms with van der Waals surface area (Å²) < 4.78 is 7.36. The lowest BCUT2D eigenvalue weighted by molar-refractivity contribution is 0.0831. The molecule has 0 spiro atoms. The van der Waals surface area contributed by atoms with E-state index >= 15 is 0 Å². The van der Waals surface area contributed by atoms with Crippen LogP contribution in [0, 0.1) is 12.8 Å². The molecule has 0 aliphatic carbocycles. The Kier molecular flexibility index (Phi) is 4.70. The molecule has 20 heavy (non-hydrogen) atoms. The molecule has 1 aromatic rings. The molecule has 114 valence electrons. The van der Waals surface area contributed by atoms with E-state index in [0.29, 0.717) is 12.6 Å². The fourth-order valence-electron chi connectivity index (χ4n) is 3.59. The second kappa shape index (κ2) is 6.14. The Hall–Kier alpha value is -1.07. The number of rotatable bonds is 4. The van der Waals surface area contributed by atoms with Crippen LogP contribution in [0.1, 0.15) is 44.0 Å². The van der Waals surface area contributed by atoms with Gasteiger partial charge in [-0.2, -0.15) is 5.10 Å². The molecule has 0 radical (unpaired) electrons. The predicted octanol–water partition coefficient (Wildman–Crippen LogP) is 1.86. The topological polar surface area (TPSA) is 56.3 Å². The number of aryl methyl sites for hydroxylation is 2. The highest BCUT2D eigenvalue weighted by Gasteiger charge is 2.33. The van der Waals surface area contributed by atoms with Crippen LogP contribution in [0.25, 0.3) is 0 Å². The lowest BCUT2D eigenvalue weighted by atomic mass is 9.90. The van der Waals surface area contributed by atoms with Crippen molar-refractivity contribution in [2.75, 3.05) is 20.2 Å². The summed E-state index contributed by atoms with van der Waals surface area (Å²) in [6.07, 6.45) is 2.47. The van der Waals surface area contributed by atoms with Crippen molar-refractivity contribution in [3.05, 3.63) is 11.3 Å². The van der Waals surface area contributed by atoms with E-state index in [1.165, 1.54) is 12.8 Å². The molecule has 1 aromatic heterocycles. The lowest BCUT2D eigenvalue weighted by Gasteiger charge is -2.41. The van der Waals surface area contributed by atoms with Crippen LogP contribution in [0.5, 0.6) is 5.88 Å². The average molecular weight is 280 g/mol. The molecule has 2 rings (SSSR count). The van der Waals surface area contributed by atoms with Gasteiger partial charge in [0.05, 0.1) is 24.4 Å². The van der Waals surface area contributed by atoms with Gasteiger partial charge in [0.1, 0.15) is 0 Å². The zero-order valence-electron chi connectivity index (χ0n) is 13.4. The Morgan fingerprint density at radius 3 is 2.70 bits per heavy atom. The Morgan fingerprint density at radius 1 is 1.45 bits per heavy atom. The van der Waals surface area contributed by atoms with Crippen molar-refractivity contribution >= 4 is 0 Å². The van der Waals surface area contributed by atoms with E-state index in [2.05, 4.69) is 23.8 Å². The van der Waals surface area contributed by atoms with Gasteiger partial charge in [0.2, 0.25) is 5.88 Å². The van der Waals surface area contributed by atoms with Crippen molar-refractivity contribution in [2.24, 2.45) is 18.7 Å². The number of aromatic nitrogens is 2. The smallest absolute Gasteiger partial charge is 0.216 e. The molecular weight excluding hydrogens is 252 g/mol. The summed E-state index contributed by atoms with van der Waals surface area (Å²) in [7, 11) is 3.62. The lowest BCUT2D eigenvalue weighted by Crippen LogP contribution is -2.45. The molecule has 3 unspecified atom stereocenters. The number of likely N-dealkylation sites (tertiary alicyclic amines) is 1. The molecule has 0 aromatic carbocycles. The van der Waals surface area contributed by atoms with Gasteiger partial charge in [-0.3, -0.25) is 4.90 Å². The largest absolute Gasteiger partial charge is 0.481 e. The third-order valence-corrected chi connectivity index (χ3v) is 4.55. The van der Waals surface area contributed by atoms with Crippen molar-refractivity contribution in [2.45, 2.75) is 45.7 Å². The van der Waals surface area contributed by atoms with Crippen LogP contribution in [-0.2, 0) is 7.05 Å².